The molecule has 254 valence electrons. The van der Waals surface area contributed by atoms with Gasteiger partial charge in [-0.15, -0.1) is 0 Å². The predicted octanol–water partition coefficient (Wildman–Crippen LogP) is 6.63. The number of amides is 1. The number of alkyl halides is 3. The lowest BCUT2D eigenvalue weighted by atomic mass is 9.96. The molecule has 0 saturated carbocycles. The van der Waals surface area contributed by atoms with Crippen molar-refractivity contribution in [1.29, 1.82) is 0 Å². The third-order valence-corrected chi connectivity index (χ3v) is 8.78. The van der Waals surface area contributed by atoms with Crippen LogP contribution >= 0.6 is 11.6 Å². The normalized spacial score (nSPS) is 16.6. The monoisotopic (exact) mass is 681 g/mol. The Morgan fingerprint density at radius 2 is 1.90 bits per heavy atom. The number of hydrogen-bond acceptors (Lipinski definition) is 9. The molecule has 0 aliphatic carbocycles. The van der Waals surface area contributed by atoms with Crippen molar-refractivity contribution in [3.05, 3.63) is 94.7 Å². The zero-order valence-corrected chi connectivity index (χ0v) is 28.5. The molecule has 0 radical (unpaired) electrons. The molecule has 2 aromatic heterocycles. The number of rotatable bonds is 9. The van der Waals surface area contributed by atoms with Crippen LogP contribution in [0.1, 0.15) is 54.1 Å². The molecule has 1 atom stereocenters. The summed E-state index contributed by atoms with van der Waals surface area (Å²) in [6, 6.07) is 4.84. The largest absolute Gasteiger partial charge is 0.416 e. The van der Waals surface area contributed by atoms with Crippen LogP contribution in [-0.2, 0) is 6.18 Å². The molecule has 1 saturated heterocycles. The third kappa shape index (κ3) is 6.96. The van der Waals surface area contributed by atoms with E-state index in [4.69, 9.17) is 21.6 Å². The molecule has 2 aliphatic heterocycles. The van der Waals surface area contributed by atoms with Crippen LogP contribution in [-0.4, -0.2) is 82.0 Å². The molecule has 1 aromatic carbocycles. The quantitative estimate of drug-likeness (QED) is 0.267. The number of benzene rings is 1. The van der Waals surface area contributed by atoms with Gasteiger partial charge < -0.3 is 24.9 Å². The summed E-state index contributed by atoms with van der Waals surface area (Å²) in [6.45, 7) is 16.4. The van der Waals surface area contributed by atoms with Crippen molar-refractivity contribution in [2.75, 3.05) is 55.4 Å². The van der Waals surface area contributed by atoms with Crippen molar-refractivity contribution in [2.45, 2.75) is 45.8 Å². The van der Waals surface area contributed by atoms with Gasteiger partial charge in [-0.1, -0.05) is 38.6 Å². The van der Waals surface area contributed by atoms with E-state index in [1.54, 1.807) is 12.3 Å². The maximum atomic E-state index is 13.4. The summed E-state index contributed by atoms with van der Waals surface area (Å²) in [4.78, 5) is 39.5. The second kappa shape index (κ2) is 13.8. The average Bonchev–Trinajstić information content (AvgIpc) is 3.05. The number of halogens is 4. The number of carbonyl (C=O) groups excluding carboxylic acids is 1. The zero-order chi connectivity index (χ0) is 34.9. The molecular weight excluding hydrogens is 643 g/mol. The van der Waals surface area contributed by atoms with Crippen LogP contribution in [0.4, 0.5) is 30.5 Å². The van der Waals surface area contributed by atoms with E-state index in [1.165, 1.54) is 12.4 Å². The number of nitrogens with zero attached hydrogens (tertiary/aromatic N) is 8. The third-order valence-electron chi connectivity index (χ3n) is 8.47. The highest BCUT2D eigenvalue weighted by Gasteiger charge is 2.38. The summed E-state index contributed by atoms with van der Waals surface area (Å²) in [6.07, 6.45) is -0.0467. The van der Waals surface area contributed by atoms with E-state index in [0.717, 1.165) is 41.2 Å². The fourth-order valence-electron chi connectivity index (χ4n) is 6.03. The minimum Gasteiger partial charge on any atom is -0.363 e. The molecular formula is C34H39ClF3N9O. The molecule has 2 aliphatic rings. The number of aryl methyl sites for hydroxylation is 1. The smallest absolute Gasteiger partial charge is 0.363 e. The summed E-state index contributed by atoms with van der Waals surface area (Å²) >= 11 is 6.26. The van der Waals surface area contributed by atoms with Gasteiger partial charge >= 0.3 is 6.18 Å². The van der Waals surface area contributed by atoms with E-state index in [0.29, 0.717) is 60.5 Å². The number of nitrogens with one attached hydrogen (secondary N) is 1. The molecule has 10 nitrogen and oxygen atoms in total. The van der Waals surface area contributed by atoms with Gasteiger partial charge in [-0.05, 0) is 44.0 Å². The Labute approximate surface area is 283 Å². The lowest BCUT2D eigenvalue weighted by Gasteiger charge is -2.47. The van der Waals surface area contributed by atoms with E-state index in [9.17, 15) is 18.0 Å². The van der Waals surface area contributed by atoms with Gasteiger partial charge in [0, 0.05) is 62.4 Å². The minimum absolute atomic E-state index is 0.0281. The SMILES string of the molecule is C=C(CN1C(CC)=C(N2CCN(C(=O)c3cc(C)ncn3)CC2CC)C(=C)c2nc(N(C)C)cnc21)Nc1ccc(C(F)(F)F)cc1Cl. The molecule has 4 heterocycles. The van der Waals surface area contributed by atoms with Gasteiger partial charge in [0.2, 0.25) is 0 Å². The molecule has 1 N–H and O–H groups in total. The summed E-state index contributed by atoms with van der Waals surface area (Å²) in [5, 5.41) is 3.03. The van der Waals surface area contributed by atoms with Gasteiger partial charge in [-0.3, -0.25) is 4.79 Å². The van der Waals surface area contributed by atoms with Gasteiger partial charge in [-0.2, -0.15) is 13.2 Å². The molecule has 1 fully saturated rings. The summed E-state index contributed by atoms with van der Waals surface area (Å²) < 4.78 is 39.7. The summed E-state index contributed by atoms with van der Waals surface area (Å²) in [5.41, 5.74) is 4.23. The molecule has 0 bridgehead atoms. The van der Waals surface area contributed by atoms with Crippen molar-refractivity contribution in [3.63, 3.8) is 0 Å². The molecule has 14 heteroatoms. The van der Waals surface area contributed by atoms with Gasteiger partial charge in [0.05, 0.1) is 34.7 Å². The number of allylic oxidation sites excluding steroid dienone is 2. The number of carbonyl (C=O) groups is 1. The first-order valence-corrected chi connectivity index (χ1v) is 16.0. The van der Waals surface area contributed by atoms with Crippen LogP contribution in [0.2, 0.25) is 5.02 Å². The maximum absolute atomic E-state index is 13.4. The van der Waals surface area contributed by atoms with Gasteiger partial charge in [-0.25, -0.2) is 19.9 Å². The van der Waals surface area contributed by atoms with Crippen LogP contribution in [0, 0.1) is 6.92 Å². The first-order valence-electron chi connectivity index (χ1n) is 15.6. The van der Waals surface area contributed by atoms with Crippen molar-refractivity contribution in [3.8, 4) is 0 Å². The van der Waals surface area contributed by atoms with E-state index in [-0.39, 0.29) is 23.5 Å². The van der Waals surface area contributed by atoms with Crippen LogP contribution in [0.3, 0.4) is 0 Å². The van der Waals surface area contributed by atoms with Gasteiger partial charge in [0.1, 0.15) is 23.5 Å². The fourth-order valence-corrected chi connectivity index (χ4v) is 6.26. The molecule has 0 spiro atoms. The lowest BCUT2D eigenvalue weighted by molar-refractivity contribution is -0.137. The van der Waals surface area contributed by atoms with Crippen molar-refractivity contribution >= 4 is 40.4 Å². The highest BCUT2D eigenvalue weighted by molar-refractivity contribution is 6.33. The van der Waals surface area contributed by atoms with Gasteiger partial charge in [0.25, 0.3) is 5.91 Å². The predicted molar refractivity (Wildman–Crippen MR) is 183 cm³/mol. The number of aromatic nitrogens is 4. The zero-order valence-electron chi connectivity index (χ0n) is 27.7. The van der Waals surface area contributed by atoms with Crippen molar-refractivity contribution < 1.29 is 18.0 Å². The number of piperazine rings is 1. The molecule has 5 rings (SSSR count). The standard InChI is InChI=1S/C34H39ClF3N9O/c1-8-24-18-45(33(48)27-14-20(3)40-19-41-27)12-13-46(24)31-22(5)30-32(39-16-29(43-30)44(6)7)47(28(31)9-2)17-21(4)42-26-11-10-23(15-25(26)35)34(36,37)38/h10-11,14-16,19,24,42H,4-5,8-9,12-13,17-18H2,1-3,6-7H3. The van der Waals surface area contributed by atoms with Crippen LogP contribution in [0.25, 0.3) is 5.57 Å². The molecule has 48 heavy (non-hydrogen) atoms. The van der Waals surface area contributed by atoms with Crippen LogP contribution in [0.15, 0.2) is 67.0 Å². The number of anilines is 3. The highest BCUT2D eigenvalue weighted by atomic mass is 35.5. The Morgan fingerprint density at radius 1 is 1.15 bits per heavy atom. The Bertz CT molecular complexity index is 1770. The Balaban J connectivity index is 1.49. The fraction of sp³-hybridized carbons (Fsp3) is 0.382. The Hall–Kier alpha value is -4.65. The van der Waals surface area contributed by atoms with E-state index < -0.39 is 11.7 Å². The second-order valence-corrected chi connectivity index (χ2v) is 12.4. The van der Waals surface area contributed by atoms with E-state index in [1.807, 2.05) is 42.6 Å². The van der Waals surface area contributed by atoms with Crippen LogP contribution < -0.4 is 15.1 Å². The van der Waals surface area contributed by atoms with Crippen LogP contribution in [0.5, 0.6) is 0 Å². The van der Waals surface area contributed by atoms with Gasteiger partial charge in [0.15, 0.2) is 5.82 Å². The molecule has 3 aromatic rings. The topological polar surface area (TPSA) is 93.6 Å². The van der Waals surface area contributed by atoms with Crippen molar-refractivity contribution in [1.82, 2.24) is 29.7 Å². The van der Waals surface area contributed by atoms with E-state index >= 15 is 0 Å². The Morgan fingerprint density at radius 3 is 2.52 bits per heavy atom. The number of fused-ring (bicyclic) bond motifs is 1. The first kappa shape index (κ1) is 34.7. The lowest BCUT2D eigenvalue weighted by Crippen LogP contribution is -2.55. The maximum Gasteiger partial charge on any atom is 0.416 e. The molecule has 1 unspecified atom stereocenters. The second-order valence-electron chi connectivity index (χ2n) is 12.0. The summed E-state index contributed by atoms with van der Waals surface area (Å²) in [5.74, 6) is 1.11. The minimum atomic E-state index is -4.51. The average molecular weight is 682 g/mol. The highest BCUT2D eigenvalue weighted by Crippen LogP contribution is 2.43. The van der Waals surface area contributed by atoms with Crippen molar-refractivity contribution in [2.24, 2.45) is 0 Å². The van der Waals surface area contributed by atoms with E-state index in [2.05, 4.69) is 40.3 Å². The Kier molecular flexibility index (Phi) is 9.99. The molecule has 1 amide bonds. The summed E-state index contributed by atoms with van der Waals surface area (Å²) in [7, 11) is 3.77. The first-order chi connectivity index (χ1) is 22.7. The number of hydrogen-bond donors (Lipinski definition) is 1.